The molecule has 0 aromatic heterocycles. The Morgan fingerprint density at radius 2 is 1.42 bits per heavy atom. The fourth-order valence-corrected chi connectivity index (χ4v) is 3.61. The van der Waals surface area contributed by atoms with Gasteiger partial charge in [0.2, 0.25) is 0 Å². The summed E-state index contributed by atoms with van der Waals surface area (Å²) in [6.07, 6.45) is -13.8. The van der Waals surface area contributed by atoms with E-state index in [9.17, 15) is 30.0 Å². The Labute approximate surface area is 188 Å². The third kappa shape index (κ3) is 7.00. The van der Waals surface area contributed by atoms with E-state index in [-0.39, 0.29) is 6.61 Å². The number of carbonyl (C=O) groups is 2. The summed E-state index contributed by atoms with van der Waals surface area (Å²) in [6.45, 7) is -2.44. The van der Waals surface area contributed by atoms with Gasteiger partial charge in [0.15, 0.2) is 12.6 Å². The fraction of sp³-hybridized carbons (Fsp3) is 0.889. The van der Waals surface area contributed by atoms with Crippen molar-refractivity contribution in [3.8, 4) is 0 Å². The monoisotopic (exact) mass is 486 g/mol. The minimum absolute atomic E-state index is 0.336. The maximum Gasteiger partial charge on any atom is 0.329 e. The van der Waals surface area contributed by atoms with Crippen LogP contribution in [-0.2, 0) is 42.7 Å². The molecule has 2 heterocycles. The molecule has 0 spiro atoms. The average Bonchev–Trinajstić information content (AvgIpc) is 2.77. The standard InChI is InChI=1S/C18H30O15/c1-27-14-8(4-29-5-9(20)21)32-17(12(25)11(14)24)33-15-7(3-19)31-18(28-2)16(13(15)26)30-6-10(22)23/h7-8,11-19,24-26H,3-6H2,1-2H3,(H,20,21)(H,22,23). The van der Waals surface area contributed by atoms with Crippen molar-refractivity contribution >= 4 is 11.9 Å². The van der Waals surface area contributed by atoms with E-state index in [1.165, 1.54) is 14.2 Å². The van der Waals surface area contributed by atoms with Crippen LogP contribution < -0.4 is 0 Å². The van der Waals surface area contributed by atoms with Crippen molar-refractivity contribution < 1.29 is 73.4 Å². The summed E-state index contributed by atoms with van der Waals surface area (Å²) in [5.41, 5.74) is 0. The Morgan fingerprint density at radius 1 is 0.788 bits per heavy atom. The zero-order valence-electron chi connectivity index (χ0n) is 18.0. The minimum atomic E-state index is -1.68. The molecule has 2 fully saturated rings. The van der Waals surface area contributed by atoms with Gasteiger partial charge >= 0.3 is 11.9 Å². The van der Waals surface area contributed by atoms with Gasteiger partial charge in [0.05, 0.1) is 13.2 Å². The van der Waals surface area contributed by atoms with Crippen LogP contribution in [0, 0.1) is 0 Å². The van der Waals surface area contributed by atoms with Crippen molar-refractivity contribution in [2.45, 2.75) is 61.4 Å². The number of aliphatic carboxylic acids is 2. The number of hydrogen-bond acceptors (Lipinski definition) is 13. The zero-order chi connectivity index (χ0) is 24.7. The smallest absolute Gasteiger partial charge is 0.329 e. The molecule has 2 aliphatic rings. The van der Waals surface area contributed by atoms with Crippen molar-refractivity contribution in [1.82, 2.24) is 0 Å². The van der Waals surface area contributed by atoms with Crippen LogP contribution >= 0.6 is 0 Å². The normalized spacial score (nSPS) is 39.3. The molecule has 10 atom stereocenters. The van der Waals surface area contributed by atoms with E-state index < -0.39 is 93.2 Å². The predicted octanol–water partition coefficient (Wildman–Crippen LogP) is -3.87. The number of hydrogen-bond donors (Lipinski definition) is 6. The van der Waals surface area contributed by atoms with Gasteiger partial charge in [0.25, 0.3) is 0 Å². The number of carboxylic acid groups (broad SMARTS) is 2. The molecular weight excluding hydrogens is 456 g/mol. The summed E-state index contributed by atoms with van der Waals surface area (Å²) in [5, 5.41) is 58.9. The summed E-state index contributed by atoms with van der Waals surface area (Å²) in [6, 6.07) is 0. The first-order chi connectivity index (χ1) is 15.6. The number of rotatable bonds is 12. The highest BCUT2D eigenvalue weighted by Gasteiger charge is 2.51. The highest BCUT2D eigenvalue weighted by Crippen LogP contribution is 2.31. The Morgan fingerprint density at radius 3 is 1.97 bits per heavy atom. The molecule has 33 heavy (non-hydrogen) atoms. The molecule has 0 aliphatic carbocycles. The molecule has 192 valence electrons. The van der Waals surface area contributed by atoms with Gasteiger partial charge in [0, 0.05) is 14.2 Å². The van der Waals surface area contributed by atoms with E-state index in [0.29, 0.717) is 0 Å². The Kier molecular flexibility index (Phi) is 10.8. The number of aliphatic hydroxyl groups is 4. The zero-order valence-corrected chi connectivity index (χ0v) is 18.0. The first kappa shape index (κ1) is 27.7. The lowest BCUT2D eigenvalue weighted by atomic mass is 9.96. The topological polar surface area (TPSA) is 220 Å². The highest BCUT2D eigenvalue weighted by molar-refractivity contribution is 5.68. The van der Waals surface area contributed by atoms with Gasteiger partial charge in [-0.25, -0.2) is 9.59 Å². The van der Waals surface area contributed by atoms with Crippen LogP contribution in [0.5, 0.6) is 0 Å². The number of carboxylic acids is 2. The van der Waals surface area contributed by atoms with Crippen molar-refractivity contribution in [3.63, 3.8) is 0 Å². The van der Waals surface area contributed by atoms with Crippen molar-refractivity contribution in [3.05, 3.63) is 0 Å². The van der Waals surface area contributed by atoms with E-state index in [1.54, 1.807) is 0 Å². The Bertz CT molecular complexity index is 632. The molecule has 10 unspecified atom stereocenters. The maximum absolute atomic E-state index is 10.9. The van der Waals surface area contributed by atoms with E-state index in [2.05, 4.69) is 0 Å². The van der Waals surface area contributed by atoms with Gasteiger partial charge in [-0.15, -0.1) is 0 Å². The lowest BCUT2D eigenvalue weighted by Gasteiger charge is -2.47. The van der Waals surface area contributed by atoms with Gasteiger partial charge in [-0.05, 0) is 0 Å². The van der Waals surface area contributed by atoms with Crippen LogP contribution in [-0.4, -0.2) is 145 Å². The third-order valence-corrected chi connectivity index (χ3v) is 5.14. The van der Waals surface area contributed by atoms with Gasteiger partial charge in [-0.1, -0.05) is 0 Å². The molecule has 0 radical (unpaired) electrons. The highest BCUT2D eigenvalue weighted by atomic mass is 16.7. The molecule has 2 saturated heterocycles. The van der Waals surface area contributed by atoms with E-state index in [1.807, 2.05) is 0 Å². The number of aliphatic hydroxyl groups excluding tert-OH is 4. The maximum atomic E-state index is 10.9. The van der Waals surface area contributed by atoms with Gasteiger partial charge in [-0.3, -0.25) is 0 Å². The van der Waals surface area contributed by atoms with E-state index in [0.717, 1.165) is 0 Å². The first-order valence-electron chi connectivity index (χ1n) is 9.94. The molecule has 0 amide bonds. The molecule has 2 rings (SSSR count). The SMILES string of the molecule is COC1OC(CO)C(OC2OC(COCC(=O)O)C(OC)C(O)C2O)C(O)C1OCC(=O)O. The second-order valence-corrected chi connectivity index (χ2v) is 7.36. The van der Waals surface area contributed by atoms with Crippen molar-refractivity contribution in [2.75, 3.05) is 40.6 Å². The fourth-order valence-electron chi connectivity index (χ4n) is 3.61. The van der Waals surface area contributed by atoms with Crippen LogP contribution in [0.15, 0.2) is 0 Å². The van der Waals surface area contributed by atoms with Gasteiger partial charge in [0.1, 0.15) is 62.0 Å². The Balaban J connectivity index is 2.17. The summed E-state index contributed by atoms with van der Waals surface area (Å²) in [4.78, 5) is 21.5. The number of methoxy groups -OCH3 is 2. The molecule has 0 bridgehead atoms. The van der Waals surface area contributed by atoms with Crippen LogP contribution in [0.3, 0.4) is 0 Å². The van der Waals surface area contributed by atoms with Crippen molar-refractivity contribution in [1.29, 1.82) is 0 Å². The summed E-state index contributed by atoms with van der Waals surface area (Å²) in [7, 11) is 2.46. The quantitative estimate of drug-likeness (QED) is 0.155. The average molecular weight is 486 g/mol. The molecule has 0 saturated carbocycles. The van der Waals surface area contributed by atoms with Gasteiger partial charge in [-0.2, -0.15) is 0 Å². The van der Waals surface area contributed by atoms with Crippen LogP contribution in [0.4, 0.5) is 0 Å². The molecule has 0 aromatic carbocycles. The van der Waals surface area contributed by atoms with Crippen LogP contribution in [0.2, 0.25) is 0 Å². The first-order valence-corrected chi connectivity index (χ1v) is 9.94. The third-order valence-electron chi connectivity index (χ3n) is 5.14. The number of ether oxygens (including phenoxy) is 7. The summed E-state index contributed by atoms with van der Waals surface area (Å²) < 4.78 is 37.0. The van der Waals surface area contributed by atoms with E-state index >= 15 is 0 Å². The van der Waals surface area contributed by atoms with Gasteiger partial charge < -0.3 is 63.8 Å². The molecular formula is C18H30O15. The largest absolute Gasteiger partial charge is 0.480 e. The lowest BCUT2D eigenvalue weighted by Crippen LogP contribution is -2.65. The predicted molar refractivity (Wildman–Crippen MR) is 101 cm³/mol. The van der Waals surface area contributed by atoms with Crippen LogP contribution in [0.1, 0.15) is 0 Å². The molecule has 2 aliphatic heterocycles. The molecule has 15 heteroatoms. The molecule has 0 aromatic rings. The Hall–Kier alpha value is -1.50. The minimum Gasteiger partial charge on any atom is -0.480 e. The second-order valence-electron chi connectivity index (χ2n) is 7.36. The van der Waals surface area contributed by atoms with E-state index in [4.69, 9.17) is 43.4 Å². The van der Waals surface area contributed by atoms with Crippen molar-refractivity contribution in [2.24, 2.45) is 0 Å². The molecule has 15 nitrogen and oxygen atoms in total. The second kappa shape index (κ2) is 12.8. The van der Waals surface area contributed by atoms with Crippen LogP contribution in [0.25, 0.3) is 0 Å². The molecule has 6 N–H and O–H groups in total. The summed E-state index contributed by atoms with van der Waals surface area (Å²) >= 11 is 0. The summed E-state index contributed by atoms with van der Waals surface area (Å²) in [5.74, 6) is -2.55. The lowest BCUT2D eigenvalue weighted by molar-refractivity contribution is -0.361.